The van der Waals surface area contributed by atoms with Crippen molar-refractivity contribution >= 4 is 0 Å². The molecule has 1 heterocycles. The average Bonchev–Trinajstić information content (AvgIpc) is 2.72. The molecule has 0 fully saturated rings. The van der Waals surface area contributed by atoms with Gasteiger partial charge >= 0.3 is 0 Å². The molecule has 0 unspecified atom stereocenters. The van der Waals surface area contributed by atoms with E-state index >= 15 is 0 Å². The van der Waals surface area contributed by atoms with Crippen molar-refractivity contribution in [2.45, 2.75) is 0 Å². The molecule has 0 spiro atoms. The van der Waals surface area contributed by atoms with E-state index in [-0.39, 0.29) is 0 Å². The molecule has 0 aliphatic rings. The molecule has 0 saturated heterocycles. The van der Waals surface area contributed by atoms with Gasteiger partial charge in [-0.25, -0.2) is 4.98 Å². The van der Waals surface area contributed by atoms with Gasteiger partial charge in [-0.2, -0.15) is 0 Å². The first kappa shape index (κ1) is 17.1. The monoisotopic (exact) mass is 340 g/mol. The Morgan fingerprint density at radius 3 is 1.42 bits per heavy atom. The van der Waals surface area contributed by atoms with E-state index in [0.717, 1.165) is 22.6 Å². The predicted molar refractivity (Wildman–Crippen MR) is 100.0 cm³/mol. The van der Waals surface area contributed by atoms with E-state index in [1.165, 1.54) is 0 Å². The molecule has 0 atom stereocenters. The van der Waals surface area contributed by atoms with Gasteiger partial charge in [0.05, 0.1) is 26.6 Å². The summed E-state index contributed by atoms with van der Waals surface area (Å²) in [5.74, 6) is 13.7. The molecule has 0 N–H and O–H groups in total. The van der Waals surface area contributed by atoms with Gasteiger partial charge in [0.25, 0.3) is 0 Å². The molecule has 0 bridgehead atoms. The second-order valence-electron chi connectivity index (χ2n) is 5.25. The average molecular weight is 340 g/mol. The lowest BCUT2D eigenvalue weighted by Crippen LogP contribution is -1.90. The number of hydrogen-bond acceptors (Lipinski definition) is 4. The Morgan fingerprint density at radius 1 is 0.615 bits per heavy atom. The summed E-state index contributed by atoms with van der Waals surface area (Å²) in [5.41, 5.74) is 2.90. The fourth-order valence-corrected chi connectivity index (χ4v) is 2.11. The summed E-state index contributed by atoms with van der Waals surface area (Å²) in [6, 6.07) is 15.1. The molecule has 0 aliphatic carbocycles. The lowest BCUT2D eigenvalue weighted by molar-refractivity contribution is 0.414. The van der Waals surface area contributed by atoms with Gasteiger partial charge in [0.15, 0.2) is 0 Å². The van der Waals surface area contributed by atoms with Crippen molar-refractivity contribution < 1.29 is 9.47 Å². The number of methoxy groups -OCH3 is 2. The van der Waals surface area contributed by atoms with Crippen molar-refractivity contribution in [3.05, 3.63) is 83.4 Å². The van der Waals surface area contributed by atoms with Crippen molar-refractivity contribution in [2.75, 3.05) is 14.2 Å². The van der Waals surface area contributed by atoms with Gasteiger partial charge in [0.1, 0.15) is 22.9 Å². The van der Waals surface area contributed by atoms with E-state index in [2.05, 4.69) is 33.6 Å². The van der Waals surface area contributed by atoms with Crippen LogP contribution in [0.1, 0.15) is 22.5 Å². The topological polar surface area (TPSA) is 44.2 Å². The van der Waals surface area contributed by atoms with Crippen LogP contribution < -0.4 is 9.47 Å². The smallest absolute Gasteiger partial charge is 0.133 e. The van der Waals surface area contributed by atoms with Gasteiger partial charge in [-0.05, 0) is 60.4 Å². The lowest BCUT2D eigenvalue weighted by atomic mass is 10.2. The molecule has 3 rings (SSSR count). The summed E-state index contributed by atoms with van der Waals surface area (Å²) in [5, 5.41) is 0. The molecule has 4 nitrogen and oxygen atoms in total. The molecule has 4 heteroatoms. The van der Waals surface area contributed by atoms with Crippen LogP contribution in [0.2, 0.25) is 0 Å². The molecule has 0 radical (unpaired) electrons. The van der Waals surface area contributed by atoms with Gasteiger partial charge in [-0.15, -0.1) is 0 Å². The molecule has 0 amide bonds. The zero-order valence-corrected chi connectivity index (χ0v) is 14.5. The molecule has 0 aliphatic heterocycles. The van der Waals surface area contributed by atoms with Crippen LogP contribution >= 0.6 is 0 Å². The number of hydrogen-bond donors (Lipinski definition) is 0. The molecule has 126 valence electrons. The second kappa shape index (κ2) is 8.37. The lowest BCUT2D eigenvalue weighted by Gasteiger charge is -1.97. The molecular formula is C22H16N2O2. The van der Waals surface area contributed by atoms with E-state index in [1.54, 1.807) is 26.6 Å². The number of rotatable bonds is 2. The van der Waals surface area contributed by atoms with Gasteiger partial charge in [0, 0.05) is 11.1 Å². The van der Waals surface area contributed by atoms with Crippen molar-refractivity contribution in [3.8, 4) is 35.2 Å². The van der Waals surface area contributed by atoms with Crippen LogP contribution in [0, 0.1) is 23.7 Å². The summed E-state index contributed by atoms with van der Waals surface area (Å²) in [4.78, 5) is 8.57. The first-order valence-electron chi connectivity index (χ1n) is 7.91. The highest BCUT2D eigenvalue weighted by molar-refractivity contribution is 5.44. The van der Waals surface area contributed by atoms with E-state index < -0.39 is 0 Å². The van der Waals surface area contributed by atoms with Crippen molar-refractivity contribution in [2.24, 2.45) is 0 Å². The quantitative estimate of drug-likeness (QED) is 0.672. The largest absolute Gasteiger partial charge is 0.497 e. The molecule has 1 aromatic heterocycles. The van der Waals surface area contributed by atoms with Crippen molar-refractivity contribution in [1.29, 1.82) is 0 Å². The SMILES string of the molecule is COc1ccc(C#Cc2cncc(C#Cc3ccc(OC)cc3)n2)cc1. The van der Waals surface area contributed by atoms with Crippen molar-refractivity contribution in [3.63, 3.8) is 0 Å². The summed E-state index contributed by atoms with van der Waals surface area (Å²) in [7, 11) is 3.27. The number of nitrogens with zero attached hydrogens (tertiary/aromatic N) is 2. The van der Waals surface area contributed by atoms with E-state index in [0.29, 0.717) is 11.4 Å². The van der Waals surface area contributed by atoms with Gasteiger partial charge in [-0.3, -0.25) is 4.98 Å². The molecule has 0 saturated carbocycles. The van der Waals surface area contributed by atoms with Gasteiger partial charge in [-0.1, -0.05) is 11.8 Å². The Labute approximate surface area is 152 Å². The maximum absolute atomic E-state index is 5.13. The maximum atomic E-state index is 5.13. The minimum atomic E-state index is 0.572. The second-order valence-corrected chi connectivity index (χ2v) is 5.25. The first-order valence-corrected chi connectivity index (χ1v) is 7.91. The Morgan fingerprint density at radius 2 is 1.04 bits per heavy atom. The fourth-order valence-electron chi connectivity index (χ4n) is 2.11. The van der Waals surface area contributed by atoms with Crippen LogP contribution in [0.5, 0.6) is 11.5 Å². The Kier molecular flexibility index (Phi) is 5.50. The Balaban J connectivity index is 1.76. The third-order valence-electron chi connectivity index (χ3n) is 3.48. The van der Waals surface area contributed by atoms with Crippen LogP contribution in [0.25, 0.3) is 0 Å². The fraction of sp³-hybridized carbons (Fsp3) is 0.0909. The van der Waals surface area contributed by atoms with E-state index in [1.807, 2.05) is 48.5 Å². The standard InChI is InChI=1S/C22H16N2O2/c1-25-21-11-5-17(6-12-21)3-9-19-15-23-16-20(24-19)10-4-18-7-13-22(26-2)14-8-18/h5-8,11-16H,1-2H3. The van der Waals surface area contributed by atoms with Crippen molar-refractivity contribution in [1.82, 2.24) is 9.97 Å². The predicted octanol–water partition coefficient (Wildman–Crippen LogP) is 3.29. The van der Waals surface area contributed by atoms with Crippen LogP contribution in [0.3, 0.4) is 0 Å². The summed E-state index contributed by atoms with van der Waals surface area (Å²) in [6.45, 7) is 0. The van der Waals surface area contributed by atoms with Crippen LogP contribution in [0.15, 0.2) is 60.9 Å². The molecule has 26 heavy (non-hydrogen) atoms. The highest BCUT2D eigenvalue weighted by Gasteiger charge is 1.95. The normalized spacial score (nSPS) is 9.31. The van der Waals surface area contributed by atoms with Crippen LogP contribution in [-0.2, 0) is 0 Å². The van der Waals surface area contributed by atoms with E-state index in [4.69, 9.17) is 9.47 Å². The molecule has 3 aromatic rings. The van der Waals surface area contributed by atoms with Crippen LogP contribution in [-0.4, -0.2) is 24.2 Å². The number of ether oxygens (including phenoxy) is 2. The maximum Gasteiger partial charge on any atom is 0.133 e. The van der Waals surface area contributed by atoms with Gasteiger partial charge in [0.2, 0.25) is 0 Å². The Hall–Kier alpha value is -3.76. The number of aromatic nitrogens is 2. The Bertz CT molecular complexity index is 921. The highest BCUT2D eigenvalue weighted by atomic mass is 16.5. The zero-order chi connectivity index (χ0) is 18.2. The number of benzene rings is 2. The van der Waals surface area contributed by atoms with E-state index in [9.17, 15) is 0 Å². The van der Waals surface area contributed by atoms with Gasteiger partial charge < -0.3 is 9.47 Å². The first-order chi connectivity index (χ1) is 12.8. The third-order valence-corrected chi connectivity index (χ3v) is 3.48. The summed E-state index contributed by atoms with van der Waals surface area (Å²) in [6.07, 6.45) is 3.24. The molecule has 2 aromatic carbocycles. The van der Waals surface area contributed by atoms with Crippen LogP contribution in [0.4, 0.5) is 0 Å². The zero-order valence-electron chi connectivity index (χ0n) is 14.5. The third kappa shape index (κ3) is 4.63. The minimum Gasteiger partial charge on any atom is -0.497 e. The minimum absolute atomic E-state index is 0.572. The molecular weight excluding hydrogens is 324 g/mol. The highest BCUT2D eigenvalue weighted by Crippen LogP contribution is 2.11. The summed E-state index contributed by atoms with van der Waals surface area (Å²) < 4.78 is 10.3. The summed E-state index contributed by atoms with van der Waals surface area (Å²) >= 11 is 0.